The van der Waals surface area contributed by atoms with Crippen molar-refractivity contribution in [1.82, 2.24) is 15.2 Å². The Balaban J connectivity index is 1.58. The average Bonchev–Trinajstić information content (AvgIpc) is 2.81. The van der Waals surface area contributed by atoms with Gasteiger partial charge in [-0.1, -0.05) is 47.6 Å². The number of phenols is 1. The van der Waals surface area contributed by atoms with E-state index in [-0.39, 0.29) is 29.2 Å². The first kappa shape index (κ1) is 26.3. The highest BCUT2D eigenvalue weighted by atomic mass is 16.3. The van der Waals surface area contributed by atoms with Crippen LogP contribution in [0.25, 0.3) is 6.08 Å². The molecule has 35 heavy (non-hydrogen) atoms. The minimum absolute atomic E-state index is 0.0389. The number of anilines is 1. The molecule has 2 amide bonds. The Bertz CT molecular complexity index is 1040. The predicted molar refractivity (Wildman–Crippen MR) is 141 cm³/mol. The quantitative estimate of drug-likeness (QED) is 0.638. The van der Waals surface area contributed by atoms with Crippen LogP contribution < -0.4 is 10.2 Å². The maximum absolute atomic E-state index is 12.6. The standard InChI is InChI=1S/C28H38N4O3/c1-27(2,3)21-17-20(18-22(26(21)35)28(4,5)6)10-11-24(33)30-19-25(34)32-15-13-31(14-16-32)23-9-7-8-12-29-23/h7-12,17-18,35H,13-16,19H2,1-6H3,(H,30,33)/b11-10+. The van der Waals surface area contributed by atoms with E-state index in [4.69, 9.17) is 0 Å². The summed E-state index contributed by atoms with van der Waals surface area (Å²) in [4.78, 5) is 33.3. The molecule has 1 fully saturated rings. The minimum atomic E-state index is -0.326. The van der Waals surface area contributed by atoms with Crippen LogP contribution in [0.4, 0.5) is 5.82 Å². The summed E-state index contributed by atoms with van der Waals surface area (Å²) in [6, 6.07) is 9.64. The van der Waals surface area contributed by atoms with E-state index in [0.717, 1.165) is 22.5 Å². The molecule has 1 aliphatic rings. The Labute approximate surface area is 208 Å². The molecule has 0 saturated carbocycles. The lowest BCUT2D eigenvalue weighted by Crippen LogP contribution is -2.51. The molecule has 0 unspecified atom stereocenters. The molecule has 0 radical (unpaired) electrons. The van der Waals surface area contributed by atoms with Gasteiger partial charge in [-0.15, -0.1) is 0 Å². The maximum Gasteiger partial charge on any atom is 0.244 e. The first-order valence-corrected chi connectivity index (χ1v) is 12.1. The van der Waals surface area contributed by atoms with E-state index in [9.17, 15) is 14.7 Å². The van der Waals surface area contributed by atoms with Crippen molar-refractivity contribution in [2.45, 2.75) is 52.4 Å². The molecule has 0 spiro atoms. The second-order valence-electron chi connectivity index (χ2n) is 11.1. The van der Waals surface area contributed by atoms with Gasteiger partial charge in [0, 0.05) is 49.6 Å². The van der Waals surface area contributed by atoms with Crippen molar-refractivity contribution in [2.24, 2.45) is 0 Å². The van der Waals surface area contributed by atoms with E-state index in [2.05, 4.69) is 56.7 Å². The number of carbonyl (C=O) groups excluding carboxylic acids is 2. The van der Waals surface area contributed by atoms with Crippen LogP contribution in [0.15, 0.2) is 42.6 Å². The smallest absolute Gasteiger partial charge is 0.244 e. The number of pyridine rings is 1. The van der Waals surface area contributed by atoms with Crippen molar-refractivity contribution in [3.63, 3.8) is 0 Å². The Morgan fingerprint density at radius 2 is 1.60 bits per heavy atom. The number of hydrogen-bond donors (Lipinski definition) is 2. The number of carbonyl (C=O) groups is 2. The molecule has 1 aromatic carbocycles. The van der Waals surface area contributed by atoms with Crippen LogP contribution in [0.1, 0.15) is 58.2 Å². The fourth-order valence-electron chi connectivity index (χ4n) is 4.13. The summed E-state index contributed by atoms with van der Waals surface area (Å²) in [7, 11) is 0. The van der Waals surface area contributed by atoms with Crippen LogP contribution in [0.3, 0.4) is 0 Å². The third kappa shape index (κ3) is 6.84. The SMILES string of the molecule is CC(C)(C)c1cc(/C=C/C(=O)NCC(=O)N2CCN(c3ccccn3)CC2)cc(C(C)(C)C)c1O. The van der Waals surface area contributed by atoms with Crippen LogP contribution in [0.2, 0.25) is 0 Å². The van der Waals surface area contributed by atoms with Gasteiger partial charge in [-0.2, -0.15) is 0 Å². The molecule has 2 N–H and O–H groups in total. The predicted octanol–water partition coefficient (Wildman–Crippen LogP) is 3.86. The van der Waals surface area contributed by atoms with Gasteiger partial charge in [-0.3, -0.25) is 9.59 Å². The first-order chi connectivity index (χ1) is 16.4. The van der Waals surface area contributed by atoms with Gasteiger partial charge in [0.15, 0.2) is 0 Å². The molecule has 1 aromatic heterocycles. The molecular formula is C28H38N4O3. The topological polar surface area (TPSA) is 85.8 Å². The molecule has 7 heteroatoms. The van der Waals surface area contributed by atoms with Gasteiger partial charge >= 0.3 is 0 Å². The summed E-state index contributed by atoms with van der Waals surface area (Å²) >= 11 is 0. The van der Waals surface area contributed by atoms with Crippen molar-refractivity contribution < 1.29 is 14.7 Å². The summed E-state index contributed by atoms with van der Waals surface area (Å²) in [6.07, 6.45) is 4.94. The molecule has 3 rings (SSSR count). The lowest BCUT2D eigenvalue weighted by molar-refractivity contribution is -0.132. The van der Waals surface area contributed by atoms with Crippen molar-refractivity contribution in [3.8, 4) is 5.75 Å². The number of rotatable bonds is 5. The van der Waals surface area contributed by atoms with Gasteiger partial charge in [-0.25, -0.2) is 4.98 Å². The minimum Gasteiger partial charge on any atom is -0.507 e. The third-order valence-corrected chi connectivity index (χ3v) is 6.19. The van der Waals surface area contributed by atoms with Crippen LogP contribution in [-0.2, 0) is 20.4 Å². The molecular weight excluding hydrogens is 440 g/mol. The molecule has 2 heterocycles. The number of hydrogen-bond acceptors (Lipinski definition) is 5. The van der Waals surface area contributed by atoms with Crippen LogP contribution in [-0.4, -0.2) is 59.5 Å². The number of aromatic nitrogens is 1. The number of nitrogens with zero attached hydrogens (tertiary/aromatic N) is 3. The monoisotopic (exact) mass is 478 g/mol. The lowest BCUT2D eigenvalue weighted by Gasteiger charge is -2.35. The third-order valence-electron chi connectivity index (χ3n) is 6.19. The number of phenolic OH excluding ortho intramolecular Hbond substituents is 1. The largest absolute Gasteiger partial charge is 0.507 e. The van der Waals surface area contributed by atoms with E-state index in [0.29, 0.717) is 31.9 Å². The summed E-state index contributed by atoms with van der Waals surface area (Å²) in [5.74, 6) is 0.798. The highest BCUT2D eigenvalue weighted by Crippen LogP contribution is 2.40. The van der Waals surface area contributed by atoms with Gasteiger partial charge in [0.05, 0.1) is 6.54 Å². The number of aromatic hydroxyl groups is 1. The van der Waals surface area contributed by atoms with E-state index in [1.807, 2.05) is 30.3 Å². The Morgan fingerprint density at radius 1 is 1.00 bits per heavy atom. The van der Waals surface area contributed by atoms with Crippen molar-refractivity contribution in [2.75, 3.05) is 37.6 Å². The fourth-order valence-corrected chi connectivity index (χ4v) is 4.13. The first-order valence-electron chi connectivity index (χ1n) is 12.1. The van der Waals surface area contributed by atoms with Crippen LogP contribution in [0, 0.1) is 0 Å². The van der Waals surface area contributed by atoms with Crippen molar-refractivity contribution >= 4 is 23.7 Å². The van der Waals surface area contributed by atoms with E-state index >= 15 is 0 Å². The number of amides is 2. The van der Waals surface area contributed by atoms with E-state index in [1.165, 1.54) is 6.08 Å². The molecule has 188 valence electrons. The number of benzene rings is 1. The number of piperazine rings is 1. The Kier molecular flexibility index (Phi) is 7.88. The zero-order valence-corrected chi connectivity index (χ0v) is 21.8. The van der Waals surface area contributed by atoms with Gasteiger partial charge in [-0.05, 0) is 46.7 Å². The van der Waals surface area contributed by atoms with Crippen molar-refractivity contribution in [1.29, 1.82) is 0 Å². The summed E-state index contributed by atoms with van der Waals surface area (Å²) < 4.78 is 0. The average molecular weight is 479 g/mol. The van der Waals surface area contributed by atoms with E-state index < -0.39 is 0 Å². The molecule has 7 nitrogen and oxygen atoms in total. The van der Waals surface area contributed by atoms with Crippen LogP contribution >= 0.6 is 0 Å². The molecule has 2 aromatic rings. The second kappa shape index (κ2) is 10.5. The van der Waals surface area contributed by atoms with Gasteiger partial charge in [0.2, 0.25) is 11.8 Å². The highest BCUT2D eigenvalue weighted by molar-refractivity contribution is 5.94. The summed E-state index contributed by atoms with van der Waals surface area (Å²) in [5, 5.41) is 13.6. The summed E-state index contributed by atoms with van der Waals surface area (Å²) in [5.41, 5.74) is 2.02. The highest BCUT2D eigenvalue weighted by Gasteiger charge is 2.26. The number of nitrogens with one attached hydrogen (secondary N) is 1. The normalized spacial score (nSPS) is 14.9. The second-order valence-corrected chi connectivity index (χ2v) is 11.1. The van der Waals surface area contributed by atoms with Crippen molar-refractivity contribution in [3.05, 3.63) is 59.3 Å². The molecule has 1 aliphatic heterocycles. The molecule has 1 saturated heterocycles. The molecule has 0 aliphatic carbocycles. The lowest BCUT2D eigenvalue weighted by atomic mass is 9.78. The Morgan fingerprint density at radius 3 is 2.11 bits per heavy atom. The fraction of sp³-hybridized carbons (Fsp3) is 0.464. The Hall–Kier alpha value is -3.35. The molecule has 0 bridgehead atoms. The summed E-state index contributed by atoms with van der Waals surface area (Å²) in [6.45, 7) is 14.9. The van der Waals surface area contributed by atoms with Crippen LogP contribution in [0.5, 0.6) is 5.75 Å². The van der Waals surface area contributed by atoms with Gasteiger partial charge in [0.1, 0.15) is 11.6 Å². The zero-order valence-electron chi connectivity index (χ0n) is 21.8. The van der Waals surface area contributed by atoms with E-state index in [1.54, 1.807) is 17.2 Å². The molecule has 0 atom stereocenters. The van der Waals surface area contributed by atoms with Gasteiger partial charge in [0.25, 0.3) is 0 Å². The van der Waals surface area contributed by atoms with Gasteiger partial charge < -0.3 is 20.2 Å². The zero-order chi connectivity index (χ0) is 25.8. The maximum atomic E-state index is 12.6.